The Morgan fingerprint density at radius 3 is 2.17 bits per heavy atom. The lowest BCUT2D eigenvalue weighted by molar-refractivity contribution is -0.143. The summed E-state index contributed by atoms with van der Waals surface area (Å²) in [6.45, 7) is 5.88. The molecule has 0 aliphatic carbocycles. The van der Waals surface area contributed by atoms with Gasteiger partial charge in [0.2, 0.25) is 5.91 Å². The van der Waals surface area contributed by atoms with Crippen molar-refractivity contribution in [3.05, 3.63) is 59.7 Å². The fraction of sp³-hybridized carbons (Fsp3) is 0.391. The Balaban J connectivity index is 1.43. The van der Waals surface area contributed by atoms with E-state index in [0.29, 0.717) is 38.3 Å². The Morgan fingerprint density at radius 2 is 1.55 bits per heavy atom. The highest BCUT2D eigenvalue weighted by molar-refractivity contribution is 5.81. The van der Waals surface area contributed by atoms with E-state index in [1.54, 1.807) is 24.0 Å². The van der Waals surface area contributed by atoms with E-state index in [-0.39, 0.29) is 17.6 Å². The molecule has 1 heterocycles. The molecule has 29 heavy (non-hydrogen) atoms. The van der Waals surface area contributed by atoms with Crippen LogP contribution in [0.3, 0.4) is 0 Å². The number of carbonyl (C=O) groups is 2. The van der Waals surface area contributed by atoms with E-state index in [1.807, 2.05) is 11.8 Å². The van der Waals surface area contributed by atoms with Crippen LogP contribution in [0, 0.1) is 6.92 Å². The first kappa shape index (κ1) is 20.7. The summed E-state index contributed by atoms with van der Waals surface area (Å²) in [4.78, 5) is 28.7. The van der Waals surface area contributed by atoms with Gasteiger partial charge in [0, 0.05) is 32.6 Å². The lowest BCUT2D eigenvalue weighted by Crippen LogP contribution is -2.53. The molecule has 2 aromatic rings. The Morgan fingerprint density at radius 1 is 0.966 bits per heavy atom. The van der Waals surface area contributed by atoms with Crippen molar-refractivity contribution in [3.8, 4) is 11.5 Å². The van der Waals surface area contributed by atoms with Crippen LogP contribution in [0.1, 0.15) is 24.5 Å². The summed E-state index contributed by atoms with van der Waals surface area (Å²) in [5.74, 6) is 0.726. The van der Waals surface area contributed by atoms with E-state index >= 15 is 0 Å². The molecule has 0 aromatic heterocycles. The van der Waals surface area contributed by atoms with Crippen LogP contribution >= 0.6 is 0 Å². The molecule has 1 aliphatic rings. The van der Waals surface area contributed by atoms with Gasteiger partial charge in [-0.2, -0.15) is 0 Å². The largest absolute Gasteiger partial charge is 0.508 e. The molecule has 1 atom stereocenters. The van der Waals surface area contributed by atoms with Gasteiger partial charge in [0.25, 0.3) is 5.91 Å². The number of amides is 2. The molecule has 1 unspecified atom stereocenters. The monoisotopic (exact) mass is 396 g/mol. The highest BCUT2D eigenvalue weighted by Crippen LogP contribution is 2.18. The van der Waals surface area contributed by atoms with Gasteiger partial charge in [-0.3, -0.25) is 9.59 Å². The molecule has 3 rings (SSSR count). The molecular weight excluding hydrogens is 368 g/mol. The van der Waals surface area contributed by atoms with Gasteiger partial charge in [-0.25, -0.2) is 0 Å². The molecule has 1 saturated heterocycles. The SMILES string of the molecule is Cc1ccc(CCC(=O)N2CCN(C(=O)C(C)Oc3ccc(O)cc3)CC2)cc1. The van der Waals surface area contributed by atoms with Crippen LogP contribution in [0.2, 0.25) is 0 Å². The van der Waals surface area contributed by atoms with Crippen molar-refractivity contribution < 1.29 is 19.4 Å². The van der Waals surface area contributed by atoms with Crippen molar-refractivity contribution in [1.29, 1.82) is 0 Å². The summed E-state index contributed by atoms with van der Waals surface area (Å²) in [6, 6.07) is 14.6. The van der Waals surface area contributed by atoms with Crippen LogP contribution in [-0.2, 0) is 16.0 Å². The predicted octanol–water partition coefficient (Wildman–Crippen LogP) is 2.77. The summed E-state index contributed by atoms with van der Waals surface area (Å²) in [7, 11) is 0. The Hall–Kier alpha value is -3.02. The van der Waals surface area contributed by atoms with E-state index < -0.39 is 6.10 Å². The van der Waals surface area contributed by atoms with Crippen molar-refractivity contribution in [2.24, 2.45) is 0 Å². The zero-order chi connectivity index (χ0) is 20.8. The zero-order valence-corrected chi connectivity index (χ0v) is 17.0. The fourth-order valence-electron chi connectivity index (χ4n) is 3.38. The normalized spacial score (nSPS) is 15.1. The van der Waals surface area contributed by atoms with Crippen molar-refractivity contribution in [2.75, 3.05) is 26.2 Å². The highest BCUT2D eigenvalue weighted by Gasteiger charge is 2.27. The van der Waals surface area contributed by atoms with Crippen LogP contribution in [0.4, 0.5) is 0 Å². The lowest BCUT2D eigenvalue weighted by Gasteiger charge is -2.36. The van der Waals surface area contributed by atoms with Gasteiger partial charge >= 0.3 is 0 Å². The summed E-state index contributed by atoms with van der Waals surface area (Å²) in [5.41, 5.74) is 2.38. The molecule has 0 saturated carbocycles. The predicted molar refractivity (Wildman–Crippen MR) is 111 cm³/mol. The van der Waals surface area contributed by atoms with Gasteiger partial charge in [0.15, 0.2) is 6.10 Å². The molecule has 2 aromatic carbocycles. The highest BCUT2D eigenvalue weighted by atomic mass is 16.5. The van der Waals surface area contributed by atoms with Crippen molar-refractivity contribution >= 4 is 11.8 Å². The average molecular weight is 396 g/mol. The third-order valence-corrected chi connectivity index (χ3v) is 5.19. The number of hydrogen-bond acceptors (Lipinski definition) is 4. The van der Waals surface area contributed by atoms with Crippen LogP contribution in [0.25, 0.3) is 0 Å². The first-order chi connectivity index (χ1) is 13.9. The fourth-order valence-corrected chi connectivity index (χ4v) is 3.38. The quantitative estimate of drug-likeness (QED) is 0.815. The number of nitrogens with zero attached hydrogens (tertiary/aromatic N) is 2. The first-order valence-electron chi connectivity index (χ1n) is 10.00. The van der Waals surface area contributed by atoms with Gasteiger partial charge in [0.05, 0.1) is 0 Å². The first-order valence-corrected chi connectivity index (χ1v) is 10.00. The number of rotatable bonds is 6. The minimum absolute atomic E-state index is 0.0928. The summed E-state index contributed by atoms with van der Waals surface area (Å²) in [6.07, 6.45) is 0.593. The molecule has 6 nitrogen and oxygen atoms in total. The summed E-state index contributed by atoms with van der Waals surface area (Å²) < 4.78 is 5.67. The van der Waals surface area contributed by atoms with Gasteiger partial charge in [-0.05, 0) is 50.1 Å². The molecule has 0 radical (unpaired) electrons. The molecular formula is C23H28N2O4. The van der Waals surface area contributed by atoms with E-state index in [4.69, 9.17) is 4.74 Å². The number of aromatic hydroxyl groups is 1. The standard InChI is InChI=1S/C23H28N2O4/c1-17-3-5-19(6-4-17)7-12-22(27)24-13-15-25(16-14-24)23(28)18(2)29-21-10-8-20(26)9-11-21/h3-6,8-11,18,26H,7,12-16H2,1-2H3. The van der Waals surface area contributed by atoms with Gasteiger partial charge in [-0.15, -0.1) is 0 Å². The second kappa shape index (κ2) is 9.45. The Labute approximate surface area is 171 Å². The number of phenolic OH excluding ortho intramolecular Hbond substituents is 1. The second-order valence-corrected chi connectivity index (χ2v) is 7.45. The van der Waals surface area contributed by atoms with E-state index in [1.165, 1.54) is 17.7 Å². The minimum Gasteiger partial charge on any atom is -0.508 e. The van der Waals surface area contributed by atoms with E-state index in [9.17, 15) is 14.7 Å². The molecule has 1 fully saturated rings. The molecule has 2 amide bonds. The van der Waals surface area contributed by atoms with E-state index in [0.717, 1.165) is 12.0 Å². The van der Waals surface area contributed by atoms with Crippen LogP contribution in [0.5, 0.6) is 11.5 Å². The molecule has 1 aliphatic heterocycles. The number of aryl methyl sites for hydroxylation is 2. The number of piperazine rings is 1. The summed E-state index contributed by atoms with van der Waals surface area (Å²) >= 11 is 0. The van der Waals surface area contributed by atoms with Crippen molar-refractivity contribution in [3.63, 3.8) is 0 Å². The van der Waals surface area contributed by atoms with Gasteiger partial charge < -0.3 is 19.6 Å². The van der Waals surface area contributed by atoms with Gasteiger partial charge in [-0.1, -0.05) is 29.8 Å². The maximum atomic E-state index is 12.6. The summed E-state index contributed by atoms with van der Waals surface area (Å²) in [5, 5.41) is 9.32. The molecule has 1 N–H and O–H groups in total. The van der Waals surface area contributed by atoms with Crippen molar-refractivity contribution in [2.45, 2.75) is 32.8 Å². The van der Waals surface area contributed by atoms with Crippen molar-refractivity contribution in [1.82, 2.24) is 9.80 Å². The Kier molecular flexibility index (Phi) is 6.75. The third-order valence-electron chi connectivity index (χ3n) is 5.19. The van der Waals surface area contributed by atoms with Gasteiger partial charge in [0.1, 0.15) is 11.5 Å². The van der Waals surface area contributed by atoms with Crippen LogP contribution in [0.15, 0.2) is 48.5 Å². The number of hydrogen-bond donors (Lipinski definition) is 1. The smallest absolute Gasteiger partial charge is 0.263 e. The number of benzene rings is 2. The lowest BCUT2D eigenvalue weighted by atomic mass is 10.1. The molecule has 0 bridgehead atoms. The topological polar surface area (TPSA) is 70.1 Å². The molecule has 0 spiro atoms. The number of phenols is 1. The second-order valence-electron chi connectivity index (χ2n) is 7.45. The van der Waals surface area contributed by atoms with Crippen LogP contribution < -0.4 is 4.74 Å². The average Bonchev–Trinajstić information content (AvgIpc) is 2.74. The Bertz CT molecular complexity index is 825. The molecule has 154 valence electrons. The molecule has 6 heteroatoms. The minimum atomic E-state index is -0.622. The third kappa shape index (κ3) is 5.73. The zero-order valence-electron chi connectivity index (χ0n) is 17.0. The number of carbonyl (C=O) groups excluding carboxylic acids is 2. The maximum absolute atomic E-state index is 12.6. The maximum Gasteiger partial charge on any atom is 0.263 e. The number of ether oxygens (including phenoxy) is 1. The van der Waals surface area contributed by atoms with E-state index in [2.05, 4.69) is 24.3 Å². The van der Waals surface area contributed by atoms with Crippen LogP contribution in [-0.4, -0.2) is 59.0 Å².